The van der Waals surface area contributed by atoms with E-state index in [9.17, 15) is 4.79 Å². The zero-order valence-corrected chi connectivity index (χ0v) is 20.2. The van der Waals surface area contributed by atoms with Gasteiger partial charge in [-0.15, -0.1) is 11.3 Å². The SMILES string of the molecule is CCOc1cc2[nH]ncc2cc1Nc1ncnc2sc3c(c12)CCC(C(=O)N(C)CC1CC1)C3. The summed E-state index contributed by atoms with van der Waals surface area (Å²) in [5, 5.41) is 12.7. The van der Waals surface area contributed by atoms with Crippen molar-refractivity contribution in [3.05, 3.63) is 35.1 Å². The number of carbonyl (C=O) groups excluding carboxylic acids is 1. The van der Waals surface area contributed by atoms with Gasteiger partial charge in [0.1, 0.15) is 22.7 Å². The standard InChI is InChI=1S/C25H28N6O2S/c1-3-33-20-10-18-16(11-28-30-18)8-19(20)29-23-22-17-7-6-15(25(32)31(2)12-14-4-5-14)9-21(17)34-24(22)27-13-26-23/h8,10-11,13-15H,3-7,9,12H2,1-2H3,(H,28,30)(H,26,27,29). The van der Waals surface area contributed by atoms with Gasteiger partial charge in [-0.3, -0.25) is 9.89 Å². The molecule has 1 atom stereocenters. The molecule has 8 nitrogen and oxygen atoms in total. The maximum absolute atomic E-state index is 13.0. The van der Waals surface area contributed by atoms with Crippen LogP contribution in [0.5, 0.6) is 5.75 Å². The summed E-state index contributed by atoms with van der Waals surface area (Å²) in [5.41, 5.74) is 3.05. The number of aromatic nitrogens is 4. The maximum atomic E-state index is 13.0. The summed E-state index contributed by atoms with van der Waals surface area (Å²) in [6.07, 6.45) is 8.45. The fraction of sp³-hybridized carbons (Fsp3) is 0.440. The first-order valence-electron chi connectivity index (χ1n) is 12.0. The van der Waals surface area contributed by atoms with E-state index in [1.54, 1.807) is 23.9 Å². The monoisotopic (exact) mass is 476 g/mol. The Morgan fingerprint density at radius 3 is 3.00 bits per heavy atom. The minimum absolute atomic E-state index is 0.0572. The van der Waals surface area contributed by atoms with E-state index in [0.29, 0.717) is 12.5 Å². The van der Waals surface area contributed by atoms with Crippen molar-refractivity contribution in [2.24, 2.45) is 11.8 Å². The summed E-state index contributed by atoms with van der Waals surface area (Å²) in [5.74, 6) is 2.58. The van der Waals surface area contributed by atoms with Gasteiger partial charge in [-0.25, -0.2) is 9.97 Å². The van der Waals surface area contributed by atoms with E-state index >= 15 is 0 Å². The van der Waals surface area contributed by atoms with Crippen molar-refractivity contribution >= 4 is 49.9 Å². The first-order valence-corrected chi connectivity index (χ1v) is 12.8. The van der Waals surface area contributed by atoms with Crippen molar-refractivity contribution in [1.82, 2.24) is 25.1 Å². The van der Waals surface area contributed by atoms with Crippen LogP contribution in [0.3, 0.4) is 0 Å². The average molecular weight is 477 g/mol. The number of nitrogens with zero attached hydrogens (tertiary/aromatic N) is 4. The van der Waals surface area contributed by atoms with Crippen LogP contribution in [0.2, 0.25) is 0 Å². The average Bonchev–Trinajstić information content (AvgIpc) is 3.39. The number of rotatable bonds is 7. The van der Waals surface area contributed by atoms with Gasteiger partial charge in [0.15, 0.2) is 0 Å². The molecule has 3 aromatic heterocycles. The number of nitrogens with one attached hydrogen (secondary N) is 2. The summed E-state index contributed by atoms with van der Waals surface area (Å²) < 4.78 is 5.89. The molecule has 9 heteroatoms. The highest BCUT2D eigenvalue weighted by molar-refractivity contribution is 7.19. The summed E-state index contributed by atoms with van der Waals surface area (Å²) in [6.45, 7) is 3.43. The van der Waals surface area contributed by atoms with Crippen LogP contribution in [0.4, 0.5) is 11.5 Å². The first-order chi connectivity index (χ1) is 16.6. The lowest BCUT2D eigenvalue weighted by Crippen LogP contribution is -2.36. The molecule has 176 valence electrons. The van der Waals surface area contributed by atoms with E-state index in [1.807, 2.05) is 31.0 Å². The third-order valence-corrected chi connectivity index (χ3v) is 8.06. The third-order valence-electron chi connectivity index (χ3n) is 6.89. The molecule has 34 heavy (non-hydrogen) atoms. The first kappa shape index (κ1) is 21.3. The molecule has 4 aromatic rings. The number of aromatic amines is 1. The Labute approximate surface area is 201 Å². The molecule has 0 bridgehead atoms. The van der Waals surface area contributed by atoms with Gasteiger partial charge < -0.3 is 15.0 Å². The molecule has 1 fully saturated rings. The number of fused-ring (bicyclic) bond motifs is 4. The summed E-state index contributed by atoms with van der Waals surface area (Å²) in [6, 6.07) is 3.99. The number of amides is 1. The van der Waals surface area contributed by atoms with E-state index in [4.69, 9.17) is 4.74 Å². The van der Waals surface area contributed by atoms with E-state index in [-0.39, 0.29) is 11.8 Å². The molecule has 2 aliphatic rings. The van der Waals surface area contributed by atoms with Crippen molar-refractivity contribution in [3.63, 3.8) is 0 Å². The second-order valence-electron chi connectivity index (χ2n) is 9.37. The van der Waals surface area contributed by atoms with Crippen molar-refractivity contribution < 1.29 is 9.53 Å². The Bertz CT molecular complexity index is 1370. The molecule has 0 spiro atoms. The zero-order chi connectivity index (χ0) is 23.2. The van der Waals surface area contributed by atoms with Gasteiger partial charge in [-0.2, -0.15) is 5.10 Å². The Kier molecular flexibility index (Phi) is 5.36. The van der Waals surface area contributed by atoms with Crippen molar-refractivity contribution in [1.29, 1.82) is 0 Å². The molecule has 0 saturated heterocycles. The summed E-state index contributed by atoms with van der Waals surface area (Å²) >= 11 is 1.69. The summed E-state index contributed by atoms with van der Waals surface area (Å²) in [7, 11) is 1.96. The Morgan fingerprint density at radius 2 is 2.18 bits per heavy atom. The normalized spacial score (nSPS) is 17.6. The third kappa shape index (κ3) is 3.87. The van der Waals surface area contributed by atoms with Crippen LogP contribution >= 0.6 is 11.3 Å². The molecule has 1 amide bonds. The molecule has 1 saturated carbocycles. The van der Waals surface area contributed by atoms with Gasteiger partial charge >= 0.3 is 0 Å². The lowest BCUT2D eigenvalue weighted by atomic mass is 9.87. The molecule has 6 rings (SSSR count). The van der Waals surface area contributed by atoms with Crippen LogP contribution in [0, 0.1) is 11.8 Å². The molecule has 0 aliphatic heterocycles. The van der Waals surface area contributed by atoms with Crippen LogP contribution in [0.25, 0.3) is 21.1 Å². The molecule has 1 unspecified atom stereocenters. The van der Waals surface area contributed by atoms with Crippen LogP contribution < -0.4 is 10.1 Å². The van der Waals surface area contributed by atoms with Crippen LogP contribution in [0.15, 0.2) is 24.7 Å². The smallest absolute Gasteiger partial charge is 0.225 e. The van der Waals surface area contributed by atoms with E-state index in [2.05, 4.69) is 25.5 Å². The molecule has 0 radical (unpaired) electrons. The minimum Gasteiger partial charge on any atom is -0.492 e. The highest BCUT2D eigenvalue weighted by Crippen LogP contribution is 2.42. The largest absolute Gasteiger partial charge is 0.492 e. The molecule has 1 aromatic carbocycles. The number of thiophene rings is 1. The zero-order valence-electron chi connectivity index (χ0n) is 19.4. The quantitative estimate of drug-likeness (QED) is 0.402. The van der Waals surface area contributed by atoms with Gasteiger partial charge in [0.25, 0.3) is 0 Å². The second-order valence-corrected chi connectivity index (χ2v) is 10.5. The Morgan fingerprint density at radius 1 is 1.29 bits per heavy atom. The van der Waals surface area contributed by atoms with Gasteiger partial charge in [-0.05, 0) is 56.6 Å². The lowest BCUT2D eigenvalue weighted by Gasteiger charge is -2.26. The van der Waals surface area contributed by atoms with Gasteiger partial charge in [0.05, 0.1) is 29.4 Å². The van der Waals surface area contributed by atoms with Crippen LogP contribution in [-0.4, -0.2) is 51.2 Å². The fourth-order valence-corrected chi connectivity index (χ4v) is 6.24. The molecule has 3 heterocycles. The number of benzene rings is 1. The number of anilines is 2. The van der Waals surface area contributed by atoms with Crippen LogP contribution in [0.1, 0.15) is 36.6 Å². The van der Waals surface area contributed by atoms with Gasteiger partial charge in [0.2, 0.25) is 5.91 Å². The highest BCUT2D eigenvalue weighted by Gasteiger charge is 2.32. The topological polar surface area (TPSA) is 96.0 Å². The van der Waals surface area contributed by atoms with E-state index in [0.717, 1.165) is 64.2 Å². The maximum Gasteiger partial charge on any atom is 0.225 e. The Balaban J connectivity index is 1.31. The summed E-state index contributed by atoms with van der Waals surface area (Å²) in [4.78, 5) is 26.4. The second kappa shape index (κ2) is 8.54. The number of carbonyl (C=O) groups is 1. The van der Waals surface area contributed by atoms with E-state index in [1.165, 1.54) is 23.3 Å². The number of H-pyrrole nitrogens is 1. The molecule has 2 aliphatic carbocycles. The lowest BCUT2D eigenvalue weighted by molar-refractivity contribution is -0.134. The number of hydrogen-bond acceptors (Lipinski definition) is 7. The predicted octanol–water partition coefficient (Wildman–Crippen LogP) is 4.68. The van der Waals surface area contributed by atoms with Crippen molar-refractivity contribution in [3.8, 4) is 5.75 Å². The Hall–Kier alpha value is -3.20. The minimum atomic E-state index is 0.0572. The predicted molar refractivity (Wildman–Crippen MR) is 134 cm³/mol. The molecular formula is C25H28N6O2S. The molecule has 2 N–H and O–H groups in total. The molecular weight excluding hydrogens is 448 g/mol. The highest BCUT2D eigenvalue weighted by atomic mass is 32.1. The van der Waals surface area contributed by atoms with Crippen molar-refractivity contribution in [2.75, 3.05) is 25.5 Å². The number of aryl methyl sites for hydroxylation is 1. The van der Waals surface area contributed by atoms with Gasteiger partial charge in [0, 0.05) is 35.8 Å². The van der Waals surface area contributed by atoms with Crippen LogP contribution in [-0.2, 0) is 17.6 Å². The number of hydrogen-bond donors (Lipinski definition) is 2. The fourth-order valence-electron chi connectivity index (χ4n) is 4.98. The van der Waals surface area contributed by atoms with Gasteiger partial charge in [-0.1, -0.05) is 0 Å². The number of ether oxygens (including phenoxy) is 1. The van der Waals surface area contributed by atoms with Crippen molar-refractivity contribution in [2.45, 2.75) is 39.0 Å². The van der Waals surface area contributed by atoms with E-state index < -0.39 is 0 Å².